The van der Waals surface area contributed by atoms with E-state index in [9.17, 15) is 0 Å². The molecule has 4 heteroatoms. The molecule has 0 aliphatic carbocycles. The lowest BCUT2D eigenvalue weighted by molar-refractivity contribution is 0.965. The molecule has 0 unspecified atom stereocenters. The van der Waals surface area contributed by atoms with Gasteiger partial charge in [0, 0.05) is 12.6 Å². The Kier molecular flexibility index (Phi) is 4.63. The zero-order valence-electron chi connectivity index (χ0n) is 9.85. The Morgan fingerprint density at radius 1 is 1.28 bits per heavy atom. The van der Waals surface area contributed by atoms with Gasteiger partial charge in [-0.15, -0.1) is 0 Å². The maximum Gasteiger partial charge on any atom is 0.188 e. The predicted molar refractivity (Wildman–Crippen MR) is 75.8 cm³/mol. The van der Waals surface area contributed by atoms with Gasteiger partial charge in [-0.2, -0.15) is 0 Å². The van der Waals surface area contributed by atoms with Crippen molar-refractivity contribution >= 4 is 23.4 Å². The van der Waals surface area contributed by atoms with Crippen LogP contribution in [0.5, 0.6) is 0 Å². The van der Waals surface area contributed by atoms with Crippen molar-refractivity contribution in [2.75, 3.05) is 6.26 Å². The summed E-state index contributed by atoms with van der Waals surface area (Å²) in [6, 6.07) is 10.1. The van der Waals surface area contributed by atoms with Crippen molar-refractivity contribution in [1.29, 1.82) is 0 Å². The number of benzene rings is 1. The Labute approximate surface area is 116 Å². The molecule has 1 heterocycles. The van der Waals surface area contributed by atoms with Crippen molar-refractivity contribution in [2.45, 2.75) is 11.6 Å². The van der Waals surface area contributed by atoms with Gasteiger partial charge < -0.3 is 0 Å². The minimum Gasteiger partial charge on any atom is -0.230 e. The van der Waals surface area contributed by atoms with Gasteiger partial charge in [0.15, 0.2) is 5.16 Å². The molecule has 1 aromatic heterocycles. The highest BCUT2D eigenvalue weighted by atomic mass is 35.5. The molecule has 0 radical (unpaired) electrons. The molecule has 0 N–H and O–H groups in total. The summed E-state index contributed by atoms with van der Waals surface area (Å²) in [5.41, 5.74) is 1.85. The Balaban J connectivity index is 2.11. The van der Waals surface area contributed by atoms with Crippen molar-refractivity contribution in [1.82, 2.24) is 9.97 Å². The van der Waals surface area contributed by atoms with Crippen LogP contribution in [0.2, 0.25) is 5.15 Å². The minimum atomic E-state index is 0.412. The Morgan fingerprint density at radius 3 is 2.72 bits per heavy atom. The van der Waals surface area contributed by atoms with Crippen molar-refractivity contribution in [3.8, 4) is 11.8 Å². The monoisotopic (exact) mass is 274 g/mol. The van der Waals surface area contributed by atoms with Crippen LogP contribution in [0.4, 0.5) is 0 Å². The summed E-state index contributed by atoms with van der Waals surface area (Å²) in [5.74, 6) is 6.07. The SMILES string of the molecule is CSc1ncc(C#CCc2ccccc2)c(Cl)n1. The smallest absolute Gasteiger partial charge is 0.188 e. The van der Waals surface area contributed by atoms with Gasteiger partial charge in [0.1, 0.15) is 5.15 Å². The van der Waals surface area contributed by atoms with Gasteiger partial charge in [-0.05, 0) is 11.8 Å². The second kappa shape index (κ2) is 6.44. The van der Waals surface area contributed by atoms with Gasteiger partial charge in [-0.1, -0.05) is 65.5 Å². The second-order valence-electron chi connectivity index (χ2n) is 3.53. The Bertz CT molecular complexity index is 588. The van der Waals surface area contributed by atoms with E-state index in [1.54, 1.807) is 6.20 Å². The fourth-order valence-corrected chi connectivity index (χ4v) is 1.93. The molecule has 1 aromatic carbocycles. The highest BCUT2D eigenvalue weighted by Gasteiger charge is 2.01. The fourth-order valence-electron chi connectivity index (χ4n) is 1.37. The normalized spacial score (nSPS) is 9.67. The van der Waals surface area contributed by atoms with Crippen LogP contribution in [0, 0.1) is 11.8 Å². The Morgan fingerprint density at radius 2 is 2.06 bits per heavy atom. The van der Waals surface area contributed by atoms with Gasteiger partial charge in [0.05, 0.1) is 5.56 Å². The molecule has 0 spiro atoms. The highest BCUT2D eigenvalue weighted by Crippen LogP contribution is 2.15. The van der Waals surface area contributed by atoms with E-state index in [0.29, 0.717) is 22.3 Å². The molecule has 0 aliphatic rings. The van der Waals surface area contributed by atoms with Gasteiger partial charge in [0.2, 0.25) is 0 Å². The molecule has 0 atom stereocenters. The first-order chi connectivity index (χ1) is 8.79. The molecule has 0 amide bonds. The second-order valence-corrected chi connectivity index (χ2v) is 4.66. The van der Waals surface area contributed by atoms with E-state index in [1.165, 1.54) is 17.3 Å². The van der Waals surface area contributed by atoms with E-state index < -0.39 is 0 Å². The maximum atomic E-state index is 6.02. The first-order valence-corrected chi connectivity index (χ1v) is 6.99. The number of rotatable bonds is 2. The third-order valence-electron chi connectivity index (χ3n) is 2.26. The van der Waals surface area contributed by atoms with Gasteiger partial charge in [0.25, 0.3) is 0 Å². The Hall–Kier alpha value is -1.50. The van der Waals surface area contributed by atoms with Gasteiger partial charge in [-0.3, -0.25) is 0 Å². The summed E-state index contributed by atoms with van der Waals surface area (Å²) in [7, 11) is 0. The molecule has 18 heavy (non-hydrogen) atoms. The number of hydrogen-bond donors (Lipinski definition) is 0. The summed E-state index contributed by atoms with van der Waals surface area (Å²) in [5, 5.41) is 1.07. The molecule has 0 saturated heterocycles. The van der Waals surface area contributed by atoms with E-state index >= 15 is 0 Å². The van der Waals surface area contributed by atoms with Crippen molar-refractivity contribution in [3.05, 3.63) is 52.8 Å². The van der Waals surface area contributed by atoms with E-state index in [1.807, 2.05) is 36.6 Å². The summed E-state index contributed by atoms with van der Waals surface area (Å²) < 4.78 is 0. The largest absolute Gasteiger partial charge is 0.230 e. The predicted octanol–water partition coefficient (Wildman–Crippen LogP) is 3.45. The number of hydrogen-bond acceptors (Lipinski definition) is 3. The topological polar surface area (TPSA) is 25.8 Å². The number of aromatic nitrogens is 2. The molecule has 2 nitrogen and oxygen atoms in total. The molecule has 0 aliphatic heterocycles. The molecule has 0 fully saturated rings. The van der Waals surface area contributed by atoms with Gasteiger partial charge >= 0.3 is 0 Å². The summed E-state index contributed by atoms with van der Waals surface area (Å²) in [6.07, 6.45) is 4.27. The third-order valence-corrected chi connectivity index (χ3v) is 3.11. The van der Waals surface area contributed by atoms with Crippen LogP contribution < -0.4 is 0 Å². The summed E-state index contributed by atoms with van der Waals surface area (Å²) >= 11 is 7.48. The minimum absolute atomic E-state index is 0.412. The molecular weight excluding hydrogens is 264 g/mol. The lowest BCUT2D eigenvalue weighted by Crippen LogP contribution is -1.89. The molecular formula is C14H11ClN2S. The first kappa shape index (κ1) is 12.9. The quantitative estimate of drug-likeness (QED) is 0.363. The lowest BCUT2D eigenvalue weighted by atomic mass is 10.1. The van der Waals surface area contributed by atoms with E-state index in [0.717, 1.165) is 0 Å². The van der Waals surface area contributed by atoms with E-state index in [2.05, 4.69) is 21.8 Å². The molecule has 2 aromatic rings. The maximum absolute atomic E-state index is 6.02. The zero-order chi connectivity index (χ0) is 12.8. The summed E-state index contributed by atoms with van der Waals surface area (Å²) in [6.45, 7) is 0. The van der Waals surface area contributed by atoms with Crippen LogP contribution >= 0.6 is 23.4 Å². The van der Waals surface area contributed by atoms with Crippen LogP contribution in [0.3, 0.4) is 0 Å². The van der Waals surface area contributed by atoms with Crippen LogP contribution in [0.1, 0.15) is 11.1 Å². The number of nitrogens with zero attached hydrogens (tertiary/aromatic N) is 2. The molecule has 90 valence electrons. The average Bonchev–Trinajstić information content (AvgIpc) is 2.42. The molecule has 0 bridgehead atoms. The molecule has 0 saturated carbocycles. The third kappa shape index (κ3) is 3.49. The van der Waals surface area contributed by atoms with Gasteiger partial charge in [-0.25, -0.2) is 9.97 Å². The van der Waals surface area contributed by atoms with Crippen molar-refractivity contribution in [3.63, 3.8) is 0 Å². The van der Waals surface area contributed by atoms with Crippen LogP contribution in [0.15, 0.2) is 41.7 Å². The van der Waals surface area contributed by atoms with Crippen molar-refractivity contribution in [2.24, 2.45) is 0 Å². The highest BCUT2D eigenvalue weighted by molar-refractivity contribution is 7.98. The average molecular weight is 275 g/mol. The molecule has 2 rings (SSSR count). The zero-order valence-corrected chi connectivity index (χ0v) is 11.4. The van der Waals surface area contributed by atoms with Crippen LogP contribution in [0.25, 0.3) is 0 Å². The first-order valence-electron chi connectivity index (χ1n) is 5.39. The standard InChI is InChI=1S/C14H11ClN2S/c1-18-14-16-10-12(13(15)17-14)9-5-8-11-6-3-2-4-7-11/h2-4,6-7,10H,8H2,1H3. The van der Waals surface area contributed by atoms with E-state index in [4.69, 9.17) is 11.6 Å². The number of thioether (sulfide) groups is 1. The van der Waals surface area contributed by atoms with E-state index in [-0.39, 0.29) is 0 Å². The van der Waals surface area contributed by atoms with Crippen LogP contribution in [-0.2, 0) is 6.42 Å². The van der Waals surface area contributed by atoms with Crippen LogP contribution in [-0.4, -0.2) is 16.2 Å². The summed E-state index contributed by atoms with van der Waals surface area (Å²) in [4.78, 5) is 8.28. The lowest BCUT2D eigenvalue weighted by Gasteiger charge is -1.97. The number of halogens is 1. The fraction of sp³-hybridized carbons (Fsp3) is 0.143. The van der Waals surface area contributed by atoms with Crippen molar-refractivity contribution < 1.29 is 0 Å².